The molecule has 3 aromatic carbocycles. The van der Waals surface area contributed by atoms with Crippen LogP contribution in [0.3, 0.4) is 0 Å². The van der Waals surface area contributed by atoms with Crippen LogP contribution >= 0.6 is 39.1 Å². The van der Waals surface area contributed by atoms with Gasteiger partial charge in [0, 0.05) is 27.0 Å². The summed E-state index contributed by atoms with van der Waals surface area (Å²) in [4.78, 5) is 18.2. The maximum atomic E-state index is 13.8. The molecule has 11 heteroatoms. The molecule has 1 aliphatic rings. The summed E-state index contributed by atoms with van der Waals surface area (Å²) < 4.78 is 14.5. The van der Waals surface area contributed by atoms with Crippen molar-refractivity contribution in [2.75, 3.05) is 17.2 Å². The monoisotopic (exact) mass is 655 g/mol. The number of anilines is 2. The summed E-state index contributed by atoms with van der Waals surface area (Å²) in [7, 11) is 0. The Balaban J connectivity index is 1.53. The van der Waals surface area contributed by atoms with Gasteiger partial charge in [-0.1, -0.05) is 47.0 Å². The summed E-state index contributed by atoms with van der Waals surface area (Å²) in [5, 5.41) is 11.8. The van der Waals surface area contributed by atoms with Crippen molar-refractivity contribution >= 4 is 56.7 Å². The first kappa shape index (κ1) is 29.0. The van der Waals surface area contributed by atoms with Gasteiger partial charge in [-0.15, -0.1) is 0 Å². The van der Waals surface area contributed by atoms with Crippen LogP contribution in [0.1, 0.15) is 42.1 Å². The number of halogens is 3. The number of aryl methyl sites for hydroxylation is 2. The molecule has 212 valence electrons. The molecule has 1 atom stereocenters. The molecule has 1 aromatic heterocycles. The topological polar surface area (TPSA) is 90.3 Å². The predicted molar refractivity (Wildman–Crippen MR) is 165 cm³/mol. The highest BCUT2D eigenvalue weighted by atomic mass is 79.9. The Hall–Kier alpha value is -3.53. The number of hydrogen-bond donors (Lipinski definition) is 2. The molecular weight excluding hydrogens is 629 g/mol. The molecule has 8 nitrogen and oxygen atoms in total. The Morgan fingerprint density at radius 3 is 2.63 bits per heavy atom. The molecular formula is C30H28BrCl2N5O3. The first-order valence-corrected chi connectivity index (χ1v) is 14.5. The van der Waals surface area contributed by atoms with Crippen molar-refractivity contribution in [2.45, 2.75) is 40.3 Å². The number of fused-ring (bicyclic) bond motifs is 1. The van der Waals surface area contributed by atoms with Crippen LogP contribution in [-0.4, -0.2) is 27.3 Å². The second-order valence-electron chi connectivity index (χ2n) is 9.65. The lowest BCUT2D eigenvalue weighted by Gasteiger charge is -2.29. The first-order valence-electron chi connectivity index (χ1n) is 12.9. The van der Waals surface area contributed by atoms with E-state index >= 15 is 0 Å². The average molecular weight is 657 g/mol. The summed E-state index contributed by atoms with van der Waals surface area (Å²) in [5.41, 5.74) is 5.55. The molecule has 0 saturated heterocycles. The lowest BCUT2D eigenvalue weighted by Crippen LogP contribution is -2.31. The number of allylic oxidation sites excluding steroid dienone is 1. The summed E-state index contributed by atoms with van der Waals surface area (Å²) in [6.45, 7) is 8.35. The Labute approximate surface area is 256 Å². The third-order valence-corrected chi connectivity index (χ3v) is 7.88. The van der Waals surface area contributed by atoms with Crippen molar-refractivity contribution in [1.82, 2.24) is 14.8 Å². The van der Waals surface area contributed by atoms with Crippen molar-refractivity contribution in [2.24, 2.45) is 0 Å². The summed E-state index contributed by atoms with van der Waals surface area (Å²) >= 11 is 16.1. The number of nitrogens with zero attached hydrogens (tertiary/aromatic N) is 3. The Bertz CT molecular complexity index is 1670. The molecule has 1 amide bonds. The van der Waals surface area contributed by atoms with E-state index < -0.39 is 6.04 Å². The van der Waals surface area contributed by atoms with Gasteiger partial charge in [-0.25, -0.2) is 4.68 Å². The van der Waals surface area contributed by atoms with Gasteiger partial charge in [0.25, 0.3) is 5.91 Å². The van der Waals surface area contributed by atoms with Gasteiger partial charge < -0.3 is 20.1 Å². The molecule has 0 spiro atoms. The molecule has 0 radical (unpaired) electrons. The Morgan fingerprint density at radius 2 is 1.90 bits per heavy atom. The second kappa shape index (κ2) is 12.1. The van der Waals surface area contributed by atoms with E-state index in [1.165, 1.54) is 6.33 Å². The molecule has 1 unspecified atom stereocenters. The van der Waals surface area contributed by atoms with Crippen LogP contribution in [0.25, 0.3) is 0 Å². The third kappa shape index (κ3) is 6.07. The van der Waals surface area contributed by atoms with Crippen LogP contribution < -0.4 is 20.1 Å². The lowest BCUT2D eigenvalue weighted by atomic mass is 9.94. The lowest BCUT2D eigenvalue weighted by molar-refractivity contribution is -0.113. The number of rotatable bonds is 8. The second-order valence-corrected chi connectivity index (χ2v) is 11.4. The van der Waals surface area contributed by atoms with Crippen molar-refractivity contribution in [1.29, 1.82) is 0 Å². The molecule has 2 heterocycles. The SMILES string of the molecule is CCOc1cc(C2C(C(=O)Nc3ccc(C)cc3C)=C(C)Nc3ncnn32)cc(Br)c1OCc1ccc(Cl)cc1Cl. The van der Waals surface area contributed by atoms with Crippen molar-refractivity contribution in [3.8, 4) is 11.5 Å². The van der Waals surface area contributed by atoms with E-state index in [4.69, 9.17) is 32.7 Å². The minimum atomic E-state index is -0.588. The average Bonchev–Trinajstić information content (AvgIpc) is 3.38. The third-order valence-electron chi connectivity index (χ3n) is 6.70. The fourth-order valence-electron chi connectivity index (χ4n) is 4.77. The number of benzene rings is 3. The Morgan fingerprint density at radius 1 is 1.10 bits per heavy atom. The summed E-state index contributed by atoms with van der Waals surface area (Å²) in [5.74, 6) is 1.30. The van der Waals surface area contributed by atoms with Crippen LogP contribution in [0, 0.1) is 13.8 Å². The zero-order valence-electron chi connectivity index (χ0n) is 22.9. The molecule has 5 rings (SSSR count). The first-order chi connectivity index (χ1) is 19.7. The van der Waals surface area contributed by atoms with Crippen molar-refractivity contribution < 1.29 is 14.3 Å². The van der Waals surface area contributed by atoms with E-state index in [9.17, 15) is 4.79 Å². The van der Waals surface area contributed by atoms with Gasteiger partial charge in [-0.05, 0) is 85.1 Å². The van der Waals surface area contributed by atoms with E-state index in [2.05, 4.69) is 36.6 Å². The molecule has 41 heavy (non-hydrogen) atoms. The van der Waals surface area contributed by atoms with Gasteiger partial charge in [0.15, 0.2) is 11.5 Å². The molecule has 2 N–H and O–H groups in total. The summed E-state index contributed by atoms with van der Waals surface area (Å²) in [6.07, 6.45) is 1.46. The van der Waals surface area contributed by atoms with Crippen LogP contribution in [0.4, 0.5) is 11.6 Å². The maximum absolute atomic E-state index is 13.8. The normalized spacial score (nSPS) is 14.4. The van der Waals surface area contributed by atoms with Crippen LogP contribution in [0.5, 0.6) is 11.5 Å². The maximum Gasteiger partial charge on any atom is 0.255 e. The van der Waals surface area contributed by atoms with Crippen LogP contribution in [0.2, 0.25) is 10.0 Å². The number of hydrogen-bond acceptors (Lipinski definition) is 6. The van der Waals surface area contributed by atoms with Gasteiger partial charge >= 0.3 is 0 Å². The van der Waals surface area contributed by atoms with Gasteiger partial charge in [0.2, 0.25) is 5.95 Å². The van der Waals surface area contributed by atoms with Crippen LogP contribution in [-0.2, 0) is 11.4 Å². The predicted octanol–water partition coefficient (Wildman–Crippen LogP) is 7.87. The van der Waals surface area contributed by atoms with Crippen molar-refractivity contribution in [3.63, 3.8) is 0 Å². The largest absolute Gasteiger partial charge is 0.490 e. The minimum Gasteiger partial charge on any atom is -0.490 e. The molecule has 0 bridgehead atoms. The number of amides is 1. The fraction of sp³-hybridized carbons (Fsp3) is 0.233. The standard InChI is InChI=1S/C30H28BrCl2N5O3/c1-5-40-25-12-20(11-22(31)28(25)41-14-19-7-8-21(32)13-23(19)33)27-26(18(4)36-30-34-15-35-38(27)30)29(39)37-24-9-6-16(2)10-17(24)3/h6-13,15,27H,5,14H2,1-4H3,(H,37,39)(H,34,35,36). The van der Waals surface area contributed by atoms with E-state index in [-0.39, 0.29) is 12.5 Å². The molecule has 0 saturated carbocycles. The van der Waals surface area contributed by atoms with Crippen molar-refractivity contribution in [3.05, 3.63) is 103 Å². The fourth-order valence-corrected chi connectivity index (χ4v) is 5.81. The highest BCUT2D eigenvalue weighted by Crippen LogP contribution is 2.43. The van der Waals surface area contributed by atoms with E-state index in [0.717, 1.165) is 27.9 Å². The highest BCUT2D eigenvalue weighted by molar-refractivity contribution is 9.10. The number of ether oxygens (including phenoxy) is 2. The van der Waals surface area contributed by atoms with E-state index in [1.54, 1.807) is 16.8 Å². The van der Waals surface area contributed by atoms with E-state index in [0.29, 0.717) is 49.8 Å². The van der Waals surface area contributed by atoms with Gasteiger partial charge in [0.05, 0.1) is 16.7 Å². The molecule has 0 aliphatic carbocycles. The number of carbonyl (C=O) groups excluding carboxylic acids is 1. The number of carbonyl (C=O) groups is 1. The van der Waals surface area contributed by atoms with Crippen LogP contribution in [0.15, 0.2) is 70.6 Å². The smallest absolute Gasteiger partial charge is 0.255 e. The number of aromatic nitrogens is 3. The number of nitrogens with one attached hydrogen (secondary N) is 2. The minimum absolute atomic E-state index is 0.206. The summed E-state index contributed by atoms with van der Waals surface area (Å²) in [6, 6.07) is 14.4. The zero-order chi connectivity index (χ0) is 29.3. The zero-order valence-corrected chi connectivity index (χ0v) is 26.0. The quantitative estimate of drug-likeness (QED) is 0.201. The Kier molecular flexibility index (Phi) is 8.58. The van der Waals surface area contributed by atoms with Gasteiger partial charge in [-0.3, -0.25) is 4.79 Å². The van der Waals surface area contributed by atoms with Gasteiger partial charge in [-0.2, -0.15) is 10.1 Å². The van der Waals surface area contributed by atoms with Gasteiger partial charge in [0.1, 0.15) is 19.0 Å². The van der Waals surface area contributed by atoms with E-state index in [1.807, 2.05) is 64.1 Å². The molecule has 0 fully saturated rings. The highest BCUT2D eigenvalue weighted by Gasteiger charge is 2.34. The molecule has 1 aliphatic heterocycles. The molecule has 4 aromatic rings.